The second-order valence-electron chi connectivity index (χ2n) is 5.49. The van der Waals surface area contributed by atoms with E-state index in [1.165, 1.54) is 6.39 Å². The Hall–Kier alpha value is -3.41. The molecule has 0 amide bonds. The highest BCUT2D eigenvalue weighted by molar-refractivity contribution is 5.83. The molecule has 6 heteroatoms. The number of hydrogen-bond acceptors (Lipinski definition) is 5. The third kappa shape index (κ3) is 2.65. The molecule has 2 aromatic heterocycles. The van der Waals surface area contributed by atoms with Gasteiger partial charge in [-0.2, -0.15) is 5.10 Å². The van der Waals surface area contributed by atoms with E-state index in [1.807, 2.05) is 49.4 Å². The predicted molar refractivity (Wildman–Crippen MR) is 93.8 cm³/mol. The predicted octanol–water partition coefficient (Wildman–Crippen LogP) is 3.46. The number of aromatic nitrogens is 3. The van der Waals surface area contributed by atoms with E-state index >= 15 is 0 Å². The lowest BCUT2D eigenvalue weighted by Crippen LogP contribution is -1.96. The molecule has 0 spiro atoms. The zero-order valence-electron chi connectivity index (χ0n) is 13.0. The third-order valence-electron chi connectivity index (χ3n) is 3.74. The van der Waals surface area contributed by atoms with Crippen LogP contribution in [0.4, 0.5) is 5.95 Å². The van der Waals surface area contributed by atoms with Crippen molar-refractivity contribution in [3.05, 3.63) is 66.3 Å². The zero-order chi connectivity index (χ0) is 16.5. The molecule has 0 bridgehead atoms. The van der Waals surface area contributed by atoms with Gasteiger partial charge in [0.15, 0.2) is 12.0 Å². The van der Waals surface area contributed by atoms with Gasteiger partial charge in [-0.25, -0.2) is 14.6 Å². The summed E-state index contributed by atoms with van der Waals surface area (Å²) in [6.45, 7) is 1.88. The van der Waals surface area contributed by atoms with Crippen LogP contribution >= 0.6 is 0 Å². The number of nitrogen functional groups attached to an aromatic ring is 1. The Balaban J connectivity index is 1.59. The van der Waals surface area contributed by atoms with Gasteiger partial charge in [0.2, 0.25) is 5.95 Å². The van der Waals surface area contributed by atoms with Gasteiger partial charge in [-0.3, -0.25) is 0 Å². The van der Waals surface area contributed by atoms with Crippen LogP contribution in [0.2, 0.25) is 0 Å². The van der Waals surface area contributed by atoms with E-state index in [9.17, 15) is 0 Å². The van der Waals surface area contributed by atoms with Crippen LogP contribution in [-0.2, 0) is 0 Å². The standard InChI is InChI=1S/C18H15N5O/c1-12-10-23(18(19)22-12)21-9-13-2-4-14(5-3-13)15-6-7-17-16(8-15)20-11-24-17/h2-11H,1H3,(H2,19,22). The lowest BCUT2D eigenvalue weighted by atomic mass is 10.0. The molecule has 4 rings (SSSR count). The Morgan fingerprint density at radius 3 is 2.67 bits per heavy atom. The van der Waals surface area contributed by atoms with Gasteiger partial charge in [0, 0.05) is 0 Å². The van der Waals surface area contributed by atoms with Crippen molar-refractivity contribution < 1.29 is 4.42 Å². The maximum absolute atomic E-state index is 5.77. The number of rotatable bonds is 3. The quantitative estimate of drug-likeness (QED) is 0.587. The molecule has 0 saturated heterocycles. The summed E-state index contributed by atoms with van der Waals surface area (Å²) < 4.78 is 6.82. The number of hydrogen-bond donors (Lipinski definition) is 1. The smallest absolute Gasteiger partial charge is 0.221 e. The molecule has 2 N–H and O–H groups in total. The summed E-state index contributed by atoms with van der Waals surface area (Å²) >= 11 is 0. The molecule has 0 radical (unpaired) electrons. The Labute approximate surface area is 138 Å². The first-order valence-electron chi connectivity index (χ1n) is 7.48. The Morgan fingerprint density at radius 2 is 1.92 bits per heavy atom. The van der Waals surface area contributed by atoms with Crippen molar-refractivity contribution in [2.24, 2.45) is 5.10 Å². The maximum atomic E-state index is 5.77. The first-order valence-corrected chi connectivity index (χ1v) is 7.48. The van der Waals surface area contributed by atoms with Crippen molar-refractivity contribution in [1.82, 2.24) is 14.6 Å². The Bertz CT molecular complexity index is 1030. The summed E-state index contributed by atoms with van der Waals surface area (Å²) in [7, 11) is 0. The first-order chi connectivity index (χ1) is 11.7. The summed E-state index contributed by atoms with van der Waals surface area (Å²) in [6, 6.07) is 14.1. The highest BCUT2D eigenvalue weighted by Crippen LogP contribution is 2.23. The van der Waals surface area contributed by atoms with Crippen molar-refractivity contribution in [2.75, 3.05) is 5.73 Å². The number of fused-ring (bicyclic) bond motifs is 1. The average molecular weight is 317 g/mol. The van der Waals surface area contributed by atoms with Crippen LogP contribution < -0.4 is 5.73 Å². The third-order valence-corrected chi connectivity index (χ3v) is 3.74. The molecule has 2 aromatic carbocycles. The number of benzene rings is 2. The monoisotopic (exact) mass is 317 g/mol. The van der Waals surface area contributed by atoms with Crippen molar-refractivity contribution in [2.45, 2.75) is 6.92 Å². The van der Waals surface area contributed by atoms with E-state index in [2.05, 4.69) is 15.1 Å². The summed E-state index contributed by atoms with van der Waals surface area (Å²) in [5.41, 5.74) is 11.4. The van der Waals surface area contributed by atoms with E-state index in [0.717, 1.165) is 33.5 Å². The van der Waals surface area contributed by atoms with Crippen molar-refractivity contribution in [3.63, 3.8) is 0 Å². The van der Waals surface area contributed by atoms with Crippen LogP contribution in [0.25, 0.3) is 22.2 Å². The highest BCUT2D eigenvalue weighted by atomic mass is 16.3. The molecule has 0 atom stereocenters. The Morgan fingerprint density at radius 1 is 1.12 bits per heavy atom. The maximum Gasteiger partial charge on any atom is 0.221 e. The number of oxazole rings is 1. The minimum absolute atomic E-state index is 0.376. The van der Waals surface area contributed by atoms with Crippen molar-refractivity contribution >= 4 is 23.3 Å². The lowest BCUT2D eigenvalue weighted by molar-refractivity contribution is 0.602. The van der Waals surface area contributed by atoms with E-state index < -0.39 is 0 Å². The van der Waals surface area contributed by atoms with Gasteiger partial charge in [0.05, 0.1) is 18.1 Å². The second kappa shape index (κ2) is 5.66. The van der Waals surface area contributed by atoms with Crippen LogP contribution in [0, 0.1) is 6.92 Å². The summed E-state index contributed by atoms with van der Waals surface area (Å²) in [5, 5.41) is 4.32. The van der Waals surface area contributed by atoms with Gasteiger partial charge < -0.3 is 10.2 Å². The molecule has 0 aliphatic rings. The van der Waals surface area contributed by atoms with E-state index in [1.54, 1.807) is 17.1 Å². The van der Waals surface area contributed by atoms with Gasteiger partial charge in [0.25, 0.3) is 0 Å². The van der Waals surface area contributed by atoms with E-state index in [4.69, 9.17) is 10.2 Å². The fourth-order valence-corrected chi connectivity index (χ4v) is 2.52. The van der Waals surface area contributed by atoms with E-state index in [0.29, 0.717) is 5.95 Å². The van der Waals surface area contributed by atoms with Gasteiger partial charge >= 0.3 is 0 Å². The van der Waals surface area contributed by atoms with Gasteiger partial charge in [-0.15, -0.1) is 0 Å². The molecule has 4 aromatic rings. The molecule has 0 fully saturated rings. The normalized spacial score (nSPS) is 11.5. The molecule has 0 unspecified atom stereocenters. The molecule has 6 nitrogen and oxygen atoms in total. The van der Waals surface area contributed by atoms with Crippen LogP contribution in [-0.4, -0.2) is 20.9 Å². The fourth-order valence-electron chi connectivity index (χ4n) is 2.52. The SMILES string of the molecule is Cc1cn(N=Cc2ccc(-c3ccc4ocnc4c3)cc2)c(N)n1. The number of imidazole rings is 1. The second-order valence-corrected chi connectivity index (χ2v) is 5.49. The number of aryl methyl sites for hydroxylation is 1. The Kier molecular flexibility index (Phi) is 3.35. The molecule has 2 heterocycles. The summed E-state index contributed by atoms with van der Waals surface area (Å²) in [5.74, 6) is 0.376. The fraction of sp³-hybridized carbons (Fsp3) is 0.0556. The molecule has 118 valence electrons. The highest BCUT2D eigenvalue weighted by Gasteiger charge is 2.03. The van der Waals surface area contributed by atoms with Gasteiger partial charge in [0.1, 0.15) is 5.52 Å². The minimum Gasteiger partial charge on any atom is -0.443 e. The summed E-state index contributed by atoms with van der Waals surface area (Å²) in [6.07, 6.45) is 4.99. The van der Waals surface area contributed by atoms with Crippen molar-refractivity contribution in [1.29, 1.82) is 0 Å². The molecular weight excluding hydrogens is 302 g/mol. The molecule has 0 aliphatic heterocycles. The van der Waals surface area contributed by atoms with E-state index in [-0.39, 0.29) is 0 Å². The van der Waals surface area contributed by atoms with Crippen LogP contribution in [0.3, 0.4) is 0 Å². The molecule has 0 aliphatic carbocycles. The largest absolute Gasteiger partial charge is 0.443 e. The lowest BCUT2D eigenvalue weighted by Gasteiger charge is -2.02. The topological polar surface area (TPSA) is 82.2 Å². The van der Waals surface area contributed by atoms with Crippen LogP contribution in [0.5, 0.6) is 0 Å². The summed E-state index contributed by atoms with van der Waals surface area (Å²) in [4.78, 5) is 8.30. The van der Waals surface area contributed by atoms with Crippen LogP contribution in [0.15, 0.2) is 64.6 Å². The first kappa shape index (κ1) is 14.2. The number of anilines is 1. The molecular formula is C18H15N5O. The van der Waals surface area contributed by atoms with Crippen LogP contribution in [0.1, 0.15) is 11.3 Å². The molecule has 24 heavy (non-hydrogen) atoms. The molecule has 0 saturated carbocycles. The number of nitrogens with two attached hydrogens (primary N) is 1. The van der Waals surface area contributed by atoms with Gasteiger partial charge in [-0.05, 0) is 35.7 Å². The zero-order valence-corrected chi connectivity index (χ0v) is 13.0. The minimum atomic E-state index is 0.376. The van der Waals surface area contributed by atoms with Crippen molar-refractivity contribution in [3.8, 4) is 11.1 Å². The number of nitrogens with zero attached hydrogens (tertiary/aromatic N) is 4. The van der Waals surface area contributed by atoms with Gasteiger partial charge in [-0.1, -0.05) is 30.3 Å². The average Bonchev–Trinajstić information content (AvgIpc) is 3.18.